The van der Waals surface area contributed by atoms with Crippen LogP contribution in [0.3, 0.4) is 0 Å². The van der Waals surface area contributed by atoms with Gasteiger partial charge in [-0.1, -0.05) is 160 Å². The molecule has 0 unspecified atom stereocenters. The fraction of sp³-hybridized carbons (Fsp3) is 0.115. The number of rotatable bonds is 6. The molecule has 3 heterocycles. The molecule has 7 aromatic carbocycles. The number of aromatic nitrogens is 3. The molecule has 287 valence electrons. The van der Waals surface area contributed by atoms with Crippen molar-refractivity contribution >= 4 is 57.0 Å². The quantitative estimate of drug-likeness (QED) is 0.123. The first kappa shape index (κ1) is 37.7. The molecule has 0 amide bonds. The van der Waals surface area contributed by atoms with E-state index < -0.39 is 14.0 Å². The minimum atomic E-state index is -1.29. The van der Waals surface area contributed by atoms with E-state index >= 15 is 0 Å². The average Bonchev–Trinajstić information content (AvgIpc) is 3.82. The summed E-state index contributed by atoms with van der Waals surface area (Å²) in [4.78, 5) is 9.76. The summed E-state index contributed by atoms with van der Waals surface area (Å²) in [5.74, 6) is 0.230. The number of nitrogens with zero attached hydrogens (tertiary/aromatic N) is 3. The molecule has 1 radical (unpaired) electrons. The predicted molar refractivity (Wildman–Crippen MR) is 241 cm³/mol. The molecule has 0 spiro atoms. The van der Waals surface area contributed by atoms with Gasteiger partial charge in [-0.05, 0) is 40.0 Å². The van der Waals surface area contributed by atoms with Gasteiger partial charge < -0.3 is 14.0 Å². The van der Waals surface area contributed by atoms with Crippen LogP contribution in [0.2, 0.25) is 19.6 Å². The van der Waals surface area contributed by atoms with E-state index in [9.17, 15) is 0 Å². The average molecular weight is 947 g/mol. The van der Waals surface area contributed by atoms with Crippen molar-refractivity contribution < 1.29 is 25.9 Å². The molecule has 0 atom stereocenters. The molecule has 6 heteroatoms. The normalized spacial score (nSPS) is 12.0. The minimum absolute atomic E-state index is 0. The van der Waals surface area contributed by atoms with Crippen LogP contribution in [0.25, 0.3) is 83.2 Å². The van der Waals surface area contributed by atoms with Gasteiger partial charge in [0, 0.05) is 44.0 Å². The zero-order valence-corrected chi connectivity index (χ0v) is 36.6. The maximum absolute atomic E-state index is 8.01. The third-order valence-corrected chi connectivity index (χ3v) is 12.7. The van der Waals surface area contributed by atoms with Crippen LogP contribution in [0.15, 0.2) is 168 Å². The van der Waals surface area contributed by atoms with Crippen molar-refractivity contribution in [3.05, 3.63) is 182 Å². The summed E-state index contributed by atoms with van der Waals surface area (Å²) in [5, 5.41) is 5.86. The number of hydrogen-bond donors (Lipinski definition) is 0. The van der Waals surface area contributed by atoms with Crippen molar-refractivity contribution in [1.82, 2.24) is 14.5 Å². The van der Waals surface area contributed by atoms with Gasteiger partial charge in [0.2, 0.25) is 0 Å². The second-order valence-corrected chi connectivity index (χ2v) is 20.8. The number of pyridine rings is 1. The Bertz CT molecular complexity index is 3010. The van der Waals surface area contributed by atoms with Gasteiger partial charge in [0.05, 0.1) is 36.2 Å². The number of furan rings is 1. The van der Waals surface area contributed by atoms with Crippen LogP contribution in [0.4, 0.5) is 0 Å². The van der Waals surface area contributed by atoms with Gasteiger partial charge in [0.15, 0.2) is 0 Å². The molecule has 3 aromatic heterocycles. The molecule has 10 aromatic rings. The topological polar surface area (TPSA) is 43.9 Å². The van der Waals surface area contributed by atoms with E-state index in [0.29, 0.717) is 0 Å². The molecule has 4 nitrogen and oxygen atoms in total. The second kappa shape index (κ2) is 16.1. The van der Waals surface area contributed by atoms with Crippen LogP contribution in [0, 0.1) is 12.1 Å². The third-order valence-electron chi connectivity index (χ3n) is 10.6. The molecule has 0 saturated carbocycles. The fourth-order valence-electron chi connectivity index (χ4n) is 7.52. The Balaban J connectivity index is 0.000000197. The Hall–Kier alpha value is -5.91. The fourth-order valence-corrected chi connectivity index (χ4v) is 8.55. The molecule has 0 aliphatic heterocycles. The Morgan fingerprint density at radius 3 is 2.19 bits per heavy atom. The van der Waals surface area contributed by atoms with Gasteiger partial charge in [0.1, 0.15) is 5.58 Å². The molecule has 0 fully saturated rings. The van der Waals surface area contributed by atoms with Crippen molar-refractivity contribution in [2.75, 3.05) is 0 Å². The minimum Gasteiger partial charge on any atom is -0.501 e. The zero-order valence-electron chi connectivity index (χ0n) is 34.2. The first-order valence-electron chi connectivity index (χ1n) is 19.9. The summed E-state index contributed by atoms with van der Waals surface area (Å²) in [6.07, 6.45) is 2.00. The summed E-state index contributed by atoms with van der Waals surface area (Å²) >= 11 is 0. The summed E-state index contributed by atoms with van der Waals surface area (Å²) < 4.78 is 16.7. The van der Waals surface area contributed by atoms with Crippen LogP contribution in [0.1, 0.15) is 26.7 Å². The van der Waals surface area contributed by atoms with E-state index in [1.165, 1.54) is 10.6 Å². The Morgan fingerprint density at radius 2 is 1.45 bits per heavy atom. The summed E-state index contributed by atoms with van der Waals surface area (Å²) in [6.45, 7) is 10.7. The summed E-state index contributed by atoms with van der Waals surface area (Å²) in [6, 6.07) is 61.0. The Kier molecular flexibility index (Phi) is 10.5. The predicted octanol–water partition coefficient (Wildman–Crippen LogP) is 13.4. The SMILES string of the molecule is [2H]C(C)(C)c1c[c-]c(-c2ccc([Si](C)(C)C)cn2)cc1.[Ir].[c-]1ccc2c(oc3ccccc32)c1-c1nc2ccccc2n1-c1c(-c2ccccc2)ccc2ccccc12. The van der Waals surface area contributed by atoms with Crippen molar-refractivity contribution in [3.8, 4) is 39.5 Å². The van der Waals surface area contributed by atoms with Gasteiger partial charge in [-0.15, -0.1) is 53.6 Å². The Morgan fingerprint density at radius 1 is 0.707 bits per heavy atom. The Labute approximate surface area is 356 Å². The summed E-state index contributed by atoms with van der Waals surface area (Å²) in [7, 11) is -1.29. The first-order chi connectivity index (χ1) is 28.0. The van der Waals surface area contributed by atoms with E-state index in [0.717, 1.165) is 83.4 Å². The van der Waals surface area contributed by atoms with Gasteiger partial charge in [0.25, 0.3) is 0 Å². The number of imidazole rings is 1. The molecule has 58 heavy (non-hydrogen) atoms. The van der Waals surface area contributed by atoms with Crippen molar-refractivity contribution in [1.29, 1.82) is 0 Å². The van der Waals surface area contributed by atoms with Crippen molar-refractivity contribution in [3.63, 3.8) is 0 Å². The molecule has 0 aliphatic rings. The zero-order chi connectivity index (χ0) is 40.0. The maximum atomic E-state index is 8.01. The van der Waals surface area contributed by atoms with Crippen LogP contribution in [0.5, 0.6) is 0 Å². The number of benzene rings is 7. The van der Waals surface area contributed by atoms with Crippen LogP contribution in [-0.2, 0) is 20.1 Å². The van der Waals surface area contributed by atoms with E-state index in [2.05, 4.69) is 151 Å². The molecular formula is C52H43IrN3OSi-2. The van der Waals surface area contributed by atoms with E-state index in [1.807, 2.05) is 68.6 Å². The van der Waals surface area contributed by atoms with E-state index in [4.69, 9.17) is 10.8 Å². The maximum Gasteiger partial charge on any atom is 0.120 e. The van der Waals surface area contributed by atoms with Gasteiger partial charge in [-0.3, -0.25) is 4.98 Å². The van der Waals surface area contributed by atoms with E-state index in [-0.39, 0.29) is 20.1 Å². The molecule has 0 saturated heterocycles. The smallest absolute Gasteiger partial charge is 0.120 e. The second-order valence-electron chi connectivity index (χ2n) is 15.7. The van der Waals surface area contributed by atoms with E-state index in [1.54, 1.807) is 0 Å². The largest absolute Gasteiger partial charge is 0.501 e. The van der Waals surface area contributed by atoms with Gasteiger partial charge >= 0.3 is 0 Å². The first-order valence-corrected chi connectivity index (χ1v) is 22.9. The van der Waals surface area contributed by atoms with Crippen molar-refractivity contribution in [2.45, 2.75) is 39.4 Å². The monoisotopic (exact) mass is 947 g/mol. The van der Waals surface area contributed by atoms with Crippen molar-refractivity contribution in [2.24, 2.45) is 0 Å². The van der Waals surface area contributed by atoms with Gasteiger partial charge in [-0.25, -0.2) is 0 Å². The molecular weight excluding hydrogens is 903 g/mol. The van der Waals surface area contributed by atoms with Gasteiger partial charge in [-0.2, -0.15) is 0 Å². The number of para-hydroxylation sites is 3. The molecule has 0 N–H and O–H groups in total. The molecule has 0 bridgehead atoms. The van der Waals surface area contributed by atoms with Crippen LogP contribution < -0.4 is 5.19 Å². The standard InChI is InChI=1S/C35H21N2O.C17H22NSi.Ir/c1-2-11-23(12-3-1)26-22-21-24-13-4-5-14-25(24)33(26)37-31-19-8-7-18-30(31)36-35(37)29-17-10-16-28-27-15-6-9-20-32(27)38-34(28)29;1-13(2)14-6-8-15(9-7-14)17-11-10-16(12-18-17)19(3,4)5;/h1-16,18-22H;6-8,10-13H,1-5H3;/q2*-1;/i;13D;. The third kappa shape index (κ3) is 7.36. The van der Waals surface area contributed by atoms with Crippen LogP contribution >= 0.6 is 0 Å². The molecule has 0 aliphatic carbocycles. The van der Waals surface area contributed by atoms with Crippen LogP contribution in [-0.4, -0.2) is 22.6 Å². The molecule has 10 rings (SSSR count). The number of hydrogen-bond acceptors (Lipinski definition) is 3. The number of fused-ring (bicyclic) bond motifs is 5. The summed E-state index contributed by atoms with van der Waals surface area (Å²) in [5.41, 5.74) is 10.8.